The normalized spacial score (nSPS) is 54.3. The lowest BCUT2D eigenvalue weighted by Gasteiger charge is -2.58. The van der Waals surface area contributed by atoms with E-state index in [4.69, 9.17) is 0 Å². The molecule has 0 amide bonds. The van der Waals surface area contributed by atoms with Crippen LogP contribution in [-0.4, -0.2) is 16.5 Å². The maximum Gasteiger partial charge on any atom is 0.155 e. The second-order valence-corrected chi connectivity index (χ2v) is 9.24. The van der Waals surface area contributed by atoms with Gasteiger partial charge in [-0.2, -0.15) is 0 Å². The van der Waals surface area contributed by atoms with E-state index in [-0.39, 0.29) is 10.8 Å². The quantitative estimate of drug-likeness (QED) is 0.725. The van der Waals surface area contributed by atoms with Gasteiger partial charge in [-0.25, -0.2) is 0 Å². The molecule has 3 fully saturated rings. The van der Waals surface area contributed by atoms with E-state index >= 15 is 0 Å². The summed E-state index contributed by atoms with van der Waals surface area (Å²) in [7, 11) is 0. The van der Waals surface area contributed by atoms with E-state index < -0.39 is 5.60 Å². The van der Waals surface area contributed by atoms with Gasteiger partial charge in [0.2, 0.25) is 0 Å². The Morgan fingerprint density at radius 1 is 1.00 bits per heavy atom. The van der Waals surface area contributed by atoms with Crippen molar-refractivity contribution < 1.29 is 9.90 Å². The summed E-state index contributed by atoms with van der Waals surface area (Å²) in [4.78, 5) is 11.8. The number of aliphatic hydroxyl groups is 1. The van der Waals surface area contributed by atoms with Crippen molar-refractivity contribution in [2.45, 2.75) is 77.7 Å². The molecule has 22 heavy (non-hydrogen) atoms. The van der Waals surface area contributed by atoms with E-state index in [0.717, 1.165) is 43.9 Å². The van der Waals surface area contributed by atoms with Crippen molar-refractivity contribution in [3.05, 3.63) is 11.6 Å². The third-order valence-corrected chi connectivity index (χ3v) is 8.52. The number of carbonyl (C=O) groups is 1. The number of hydrogen-bond donors (Lipinski definition) is 1. The first kappa shape index (κ1) is 14.9. The topological polar surface area (TPSA) is 37.3 Å². The SMILES string of the molecule is C[C@]12CCC(=O)C=C1CC[C@H]1[C@H]3CC[C@](C)(O)[C@]3(C)CC[C@@H]12. The molecule has 4 aliphatic rings. The molecule has 4 rings (SSSR count). The van der Waals surface area contributed by atoms with Gasteiger partial charge in [-0.1, -0.05) is 19.4 Å². The standard InChI is InChI=1S/C20H30O2/c1-18-9-6-14(21)12-13(18)4-5-15-16(18)7-10-19(2)17(15)8-11-20(19,3)22/h12,15-17,22H,4-11H2,1-3H3/t15-,16+,17-,18+,19-,20+/m1/s1. The van der Waals surface area contributed by atoms with Crippen molar-refractivity contribution in [3.8, 4) is 0 Å². The van der Waals surface area contributed by atoms with Gasteiger partial charge < -0.3 is 5.11 Å². The average Bonchev–Trinajstić information content (AvgIpc) is 2.70. The summed E-state index contributed by atoms with van der Waals surface area (Å²) < 4.78 is 0. The lowest BCUT2D eigenvalue weighted by molar-refractivity contribution is -0.124. The molecule has 0 aromatic rings. The molecule has 0 aromatic heterocycles. The van der Waals surface area contributed by atoms with E-state index in [0.29, 0.717) is 11.7 Å². The van der Waals surface area contributed by atoms with Crippen LogP contribution in [0.1, 0.15) is 72.1 Å². The lowest BCUT2D eigenvalue weighted by Crippen LogP contribution is -2.53. The Balaban J connectivity index is 1.70. The molecule has 0 unspecified atom stereocenters. The predicted molar refractivity (Wildman–Crippen MR) is 87.3 cm³/mol. The maximum atomic E-state index is 11.8. The van der Waals surface area contributed by atoms with Gasteiger partial charge in [-0.15, -0.1) is 0 Å². The molecule has 3 saturated carbocycles. The Hall–Kier alpha value is -0.630. The van der Waals surface area contributed by atoms with Crippen LogP contribution in [0.25, 0.3) is 0 Å². The highest BCUT2D eigenvalue weighted by molar-refractivity contribution is 5.91. The fourth-order valence-electron chi connectivity index (χ4n) is 6.80. The van der Waals surface area contributed by atoms with Gasteiger partial charge in [0.05, 0.1) is 5.60 Å². The van der Waals surface area contributed by atoms with Crippen LogP contribution in [0.3, 0.4) is 0 Å². The second kappa shape index (κ2) is 4.47. The van der Waals surface area contributed by atoms with Crippen LogP contribution in [0.5, 0.6) is 0 Å². The van der Waals surface area contributed by atoms with Gasteiger partial charge in [0.25, 0.3) is 0 Å². The molecule has 0 aliphatic heterocycles. The first-order valence-corrected chi connectivity index (χ1v) is 9.24. The Morgan fingerprint density at radius 2 is 1.73 bits per heavy atom. The largest absolute Gasteiger partial charge is 0.390 e. The molecular weight excluding hydrogens is 272 g/mol. The Bertz CT molecular complexity index is 546. The monoisotopic (exact) mass is 302 g/mol. The minimum Gasteiger partial charge on any atom is -0.390 e. The van der Waals surface area contributed by atoms with Gasteiger partial charge in [-0.05, 0) is 86.5 Å². The summed E-state index contributed by atoms with van der Waals surface area (Å²) in [6.45, 7) is 6.85. The second-order valence-electron chi connectivity index (χ2n) is 9.24. The third-order valence-electron chi connectivity index (χ3n) is 8.52. The van der Waals surface area contributed by atoms with Crippen LogP contribution in [-0.2, 0) is 4.79 Å². The van der Waals surface area contributed by atoms with Crippen molar-refractivity contribution in [1.29, 1.82) is 0 Å². The van der Waals surface area contributed by atoms with Gasteiger partial charge in [0.1, 0.15) is 0 Å². The van der Waals surface area contributed by atoms with Gasteiger partial charge in [-0.3, -0.25) is 4.79 Å². The van der Waals surface area contributed by atoms with Gasteiger partial charge >= 0.3 is 0 Å². The molecule has 0 saturated heterocycles. The smallest absolute Gasteiger partial charge is 0.155 e. The lowest BCUT2D eigenvalue weighted by atomic mass is 9.46. The van der Waals surface area contributed by atoms with Crippen molar-refractivity contribution in [1.82, 2.24) is 0 Å². The van der Waals surface area contributed by atoms with Gasteiger partial charge in [0.15, 0.2) is 5.78 Å². The number of fused-ring (bicyclic) bond motifs is 5. The van der Waals surface area contributed by atoms with Crippen molar-refractivity contribution >= 4 is 5.78 Å². The number of hydrogen-bond acceptors (Lipinski definition) is 2. The fourth-order valence-corrected chi connectivity index (χ4v) is 6.80. The molecule has 0 radical (unpaired) electrons. The number of ketones is 1. The summed E-state index contributed by atoms with van der Waals surface area (Å²) in [5, 5.41) is 10.9. The predicted octanol–water partition coefficient (Wildman–Crippen LogP) is 4.27. The van der Waals surface area contributed by atoms with E-state index in [9.17, 15) is 9.90 Å². The Kier molecular flexibility index (Phi) is 3.03. The van der Waals surface area contributed by atoms with E-state index in [1.54, 1.807) is 0 Å². The minimum atomic E-state index is -0.484. The van der Waals surface area contributed by atoms with Crippen LogP contribution in [0.2, 0.25) is 0 Å². The van der Waals surface area contributed by atoms with Crippen molar-refractivity contribution in [2.75, 3.05) is 0 Å². The Labute approximate surface area is 134 Å². The molecule has 122 valence electrons. The first-order valence-electron chi connectivity index (χ1n) is 9.24. The first-order chi connectivity index (χ1) is 10.3. The van der Waals surface area contributed by atoms with Gasteiger partial charge in [0, 0.05) is 6.42 Å². The zero-order chi connectivity index (χ0) is 15.8. The van der Waals surface area contributed by atoms with Crippen molar-refractivity contribution in [3.63, 3.8) is 0 Å². The summed E-state index contributed by atoms with van der Waals surface area (Å²) in [5.74, 6) is 2.50. The molecule has 4 aliphatic carbocycles. The molecule has 0 spiro atoms. The van der Waals surface area contributed by atoms with Crippen LogP contribution in [0.4, 0.5) is 0 Å². The molecule has 0 bridgehead atoms. The molecular formula is C20H30O2. The van der Waals surface area contributed by atoms with Crippen LogP contribution < -0.4 is 0 Å². The van der Waals surface area contributed by atoms with E-state index in [1.807, 2.05) is 6.08 Å². The number of carbonyl (C=O) groups excluding carboxylic acids is 1. The molecule has 2 heteroatoms. The van der Waals surface area contributed by atoms with Crippen LogP contribution in [0.15, 0.2) is 11.6 Å². The van der Waals surface area contributed by atoms with E-state index in [1.165, 1.54) is 24.8 Å². The Morgan fingerprint density at radius 3 is 2.50 bits per heavy atom. The molecule has 0 aromatic carbocycles. The molecule has 1 N–H and O–H groups in total. The zero-order valence-corrected chi connectivity index (χ0v) is 14.3. The van der Waals surface area contributed by atoms with Crippen molar-refractivity contribution in [2.24, 2.45) is 28.6 Å². The summed E-state index contributed by atoms with van der Waals surface area (Å²) in [5.41, 5.74) is 1.32. The molecule has 2 nitrogen and oxygen atoms in total. The summed E-state index contributed by atoms with van der Waals surface area (Å²) in [6, 6.07) is 0. The zero-order valence-electron chi connectivity index (χ0n) is 14.3. The average molecular weight is 302 g/mol. The highest BCUT2D eigenvalue weighted by atomic mass is 16.3. The van der Waals surface area contributed by atoms with E-state index in [2.05, 4.69) is 20.8 Å². The van der Waals surface area contributed by atoms with Crippen LogP contribution in [0, 0.1) is 28.6 Å². The maximum absolute atomic E-state index is 11.8. The molecule has 6 atom stereocenters. The fraction of sp³-hybridized carbons (Fsp3) is 0.850. The minimum absolute atomic E-state index is 0.107. The van der Waals surface area contributed by atoms with Crippen LogP contribution >= 0.6 is 0 Å². The highest BCUT2D eigenvalue weighted by Gasteiger charge is 2.62. The third kappa shape index (κ3) is 1.74. The summed E-state index contributed by atoms with van der Waals surface area (Å²) in [6.07, 6.45) is 10.7. The highest BCUT2D eigenvalue weighted by Crippen LogP contribution is 2.67. The number of allylic oxidation sites excluding steroid dienone is 1. The summed E-state index contributed by atoms with van der Waals surface area (Å²) >= 11 is 0. The number of rotatable bonds is 0. The molecule has 0 heterocycles.